The maximum absolute atomic E-state index is 13.3. The van der Waals surface area contributed by atoms with E-state index in [0.29, 0.717) is 28.3 Å². The quantitative estimate of drug-likeness (QED) is 0.687. The maximum atomic E-state index is 13.3. The van der Waals surface area contributed by atoms with Crippen molar-refractivity contribution in [2.75, 3.05) is 23.9 Å². The van der Waals surface area contributed by atoms with Gasteiger partial charge in [0.1, 0.15) is 12.3 Å². The summed E-state index contributed by atoms with van der Waals surface area (Å²) in [5, 5.41) is 14.3. The van der Waals surface area contributed by atoms with E-state index in [4.69, 9.17) is 4.74 Å². The van der Waals surface area contributed by atoms with Gasteiger partial charge in [0, 0.05) is 17.3 Å². The molecule has 0 radical (unpaired) electrons. The SMILES string of the molecule is COc1cccc(NC(=O)CN2C(=O)C(O)(c3ccc(C)cc3)c3ccccc32)c1. The Morgan fingerprint density at radius 1 is 1.07 bits per heavy atom. The highest BCUT2D eigenvalue weighted by Crippen LogP contribution is 2.44. The summed E-state index contributed by atoms with van der Waals surface area (Å²) >= 11 is 0. The lowest BCUT2D eigenvalue weighted by Gasteiger charge is -2.23. The lowest BCUT2D eigenvalue weighted by Crippen LogP contribution is -2.44. The molecule has 6 nitrogen and oxygen atoms in total. The highest BCUT2D eigenvalue weighted by atomic mass is 16.5. The van der Waals surface area contributed by atoms with Crippen molar-refractivity contribution in [1.82, 2.24) is 0 Å². The molecule has 6 heteroatoms. The summed E-state index contributed by atoms with van der Waals surface area (Å²) in [7, 11) is 1.55. The van der Waals surface area contributed by atoms with Crippen molar-refractivity contribution in [3.63, 3.8) is 0 Å². The first-order valence-corrected chi connectivity index (χ1v) is 9.58. The average molecular weight is 402 g/mol. The maximum Gasteiger partial charge on any atom is 0.268 e. The van der Waals surface area contributed by atoms with Crippen LogP contribution >= 0.6 is 0 Å². The van der Waals surface area contributed by atoms with E-state index >= 15 is 0 Å². The molecule has 0 aliphatic carbocycles. The highest BCUT2D eigenvalue weighted by Gasteiger charge is 2.51. The Hall–Kier alpha value is -3.64. The zero-order valence-corrected chi connectivity index (χ0v) is 16.8. The van der Waals surface area contributed by atoms with Gasteiger partial charge in [0.15, 0.2) is 5.60 Å². The van der Waals surface area contributed by atoms with Crippen molar-refractivity contribution in [2.24, 2.45) is 0 Å². The number of para-hydroxylation sites is 1. The number of hydrogen-bond donors (Lipinski definition) is 2. The van der Waals surface area contributed by atoms with Crippen LogP contribution in [0, 0.1) is 6.92 Å². The molecule has 0 fully saturated rings. The van der Waals surface area contributed by atoms with Gasteiger partial charge >= 0.3 is 0 Å². The summed E-state index contributed by atoms with van der Waals surface area (Å²) in [4.78, 5) is 27.3. The zero-order valence-electron chi connectivity index (χ0n) is 16.8. The van der Waals surface area contributed by atoms with Crippen LogP contribution in [-0.4, -0.2) is 30.6 Å². The van der Waals surface area contributed by atoms with Crippen LogP contribution in [0.15, 0.2) is 72.8 Å². The standard InChI is InChI=1S/C24H22N2O4/c1-16-10-12-17(13-11-16)24(29)20-8-3-4-9-21(20)26(23(24)28)15-22(27)25-18-6-5-7-19(14-18)30-2/h3-14,29H,15H2,1-2H3,(H,25,27). The Balaban J connectivity index is 1.63. The second-order valence-electron chi connectivity index (χ2n) is 7.27. The fourth-order valence-corrected chi connectivity index (χ4v) is 3.71. The Morgan fingerprint density at radius 2 is 1.80 bits per heavy atom. The number of benzene rings is 3. The number of methoxy groups -OCH3 is 1. The van der Waals surface area contributed by atoms with E-state index in [1.165, 1.54) is 4.90 Å². The molecule has 1 atom stereocenters. The van der Waals surface area contributed by atoms with Gasteiger partial charge in [-0.3, -0.25) is 14.5 Å². The minimum atomic E-state index is -1.83. The van der Waals surface area contributed by atoms with E-state index in [1.807, 2.05) is 19.1 Å². The Kier molecular flexibility index (Phi) is 5.01. The summed E-state index contributed by atoms with van der Waals surface area (Å²) in [6.45, 7) is 1.72. The Labute approximate surface area is 174 Å². The number of nitrogens with zero attached hydrogens (tertiary/aromatic N) is 1. The van der Waals surface area contributed by atoms with Gasteiger partial charge < -0.3 is 15.2 Å². The zero-order chi connectivity index (χ0) is 21.3. The molecule has 0 saturated heterocycles. The lowest BCUT2D eigenvalue weighted by atomic mass is 9.87. The van der Waals surface area contributed by atoms with Crippen molar-refractivity contribution in [3.8, 4) is 5.75 Å². The molecule has 2 amide bonds. The molecule has 152 valence electrons. The molecule has 3 aromatic rings. The normalized spacial score (nSPS) is 17.6. The molecule has 1 heterocycles. The molecule has 0 bridgehead atoms. The van der Waals surface area contributed by atoms with Gasteiger partial charge in [0.25, 0.3) is 5.91 Å². The molecule has 1 aliphatic heterocycles. The number of carbonyl (C=O) groups is 2. The fourth-order valence-electron chi connectivity index (χ4n) is 3.71. The molecular weight excluding hydrogens is 380 g/mol. The number of aliphatic hydroxyl groups is 1. The van der Waals surface area contributed by atoms with Crippen LogP contribution in [0.3, 0.4) is 0 Å². The number of nitrogens with one attached hydrogen (secondary N) is 1. The molecule has 0 spiro atoms. The molecule has 30 heavy (non-hydrogen) atoms. The van der Waals surface area contributed by atoms with E-state index in [-0.39, 0.29) is 12.5 Å². The van der Waals surface area contributed by atoms with Gasteiger partial charge in [-0.15, -0.1) is 0 Å². The van der Waals surface area contributed by atoms with E-state index in [1.54, 1.807) is 67.8 Å². The summed E-state index contributed by atoms with van der Waals surface area (Å²) in [6, 6.07) is 21.1. The smallest absolute Gasteiger partial charge is 0.268 e. The third-order valence-corrected chi connectivity index (χ3v) is 5.26. The van der Waals surface area contributed by atoms with Crippen molar-refractivity contribution < 1.29 is 19.4 Å². The van der Waals surface area contributed by atoms with Crippen LogP contribution in [-0.2, 0) is 15.2 Å². The second-order valence-corrected chi connectivity index (χ2v) is 7.27. The average Bonchev–Trinajstić information content (AvgIpc) is 2.97. The largest absolute Gasteiger partial charge is 0.497 e. The Morgan fingerprint density at radius 3 is 2.53 bits per heavy atom. The number of anilines is 2. The predicted molar refractivity (Wildman–Crippen MR) is 115 cm³/mol. The van der Waals surface area contributed by atoms with Crippen molar-refractivity contribution in [2.45, 2.75) is 12.5 Å². The molecule has 3 aromatic carbocycles. The summed E-state index contributed by atoms with van der Waals surface area (Å²) in [5.74, 6) is -0.308. The first-order chi connectivity index (χ1) is 14.4. The first-order valence-electron chi connectivity index (χ1n) is 9.58. The van der Waals surface area contributed by atoms with Crippen molar-refractivity contribution in [1.29, 1.82) is 0 Å². The topological polar surface area (TPSA) is 78.9 Å². The minimum Gasteiger partial charge on any atom is -0.497 e. The van der Waals surface area contributed by atoms with Crippen LogP contribution in [0.4, 0.5) is 11.4 Å². The molecule has 4 rings (SSSR count). The van der Waals surface area contributed by atoms with Gasteiger partial charge in [-0.2, -0.15) is 0 Å². The van der Waals surface area contributed by atoms with Crippen molar-refractivity contribution >= 4 is 23.2 Å². The fraction of sp³-hybridized carbons (Fsp3) is 0.167. The number of amides is 2. The van der Waals surface area contributed by atoms with Gasteiger partial charge in [0.05, 0.1) is 12.8 Å². The number of aryl methyl sites for hydroxylation is 1. The molecule has 1 aliphatic rings. The molecule has 0 saturated carbocycles. The van der Waals surface area contributed by atoms with E-state index in [9.17, 15) is 14.7 Å². The first kappa shape index (κ1) is 19.7. The van der Waals surface area contributed by atoms with E-state index < -0.39 is 11.5 Å². The van der Waals surface area contributed by atoms with E-state index in [0.717, 1.165) is 5.56 Å². The lowest BCUT2D eigenvalue weighted by molar-refractivity contribution is -0.133. The summed E-state index contributed by atoms with van der Waals surface area (Å²) < 4.78 is 5.17. The summed E-state index contributed by atoms with van der Waals surface area (Å²) in [5.41, 5.74) is 1.21. The Bertz CT molecular complexity index is 1110. The second kappa shape index (κ2) is 7.65. The monoisotopic (exact) mass is 402 g/mol. The molecule has 2 N–H and O–H groups in total. The summed E-state index contributed by atoms with van der Waals surface area (Å²) in [6.07, 6.45) is 0. The third kappa shape index (κ3) is 3.31. The highest BCUT2D eigenvalue weighted by molar-refractivity contribution is 6.12. The van der Waals surface area contributed by atoms with Crippen molar-refractivity contribution in [3.05, 3.63) is 89.5 Å². The third-order valence-electron chi connectivity index (χ3n) is 5.26. The van der Waals surface area contributed by atoms with Gasteiger partial charge in [0.2, 0.25) is 5.91 Å². The number of carbonyl (C=O) groups excluding carboxylic acids is 2. The number of rotatable bonds is 5. The number of fused-ring (bicyclic) bond motifs is 1. The van der Waals surface area contributed by atoms with Gasteiger partial charge in [-0.1, -0.05) is 54.1 Å². The van der Waals surface area contributed by atoms with Crippen LogP contribution in [0.1, 0.15) is 16.7 Å². The molecule has 0 aromatic heterocycles. The minimum absolute atomic E-state index is 0.221. The van der Waals surface area contributed by atoms with Crippen LogP contribution in [0.2, 0.25) is 0 Å². The van der Waals surface area contributed by atoms with Gasteiger partial charge in [-0.05, 0) is 30.7 Å². The molecule has 1 unspecified atom stereocenters. The number of hydrogen-bond acceptors (Lipinski definition) is 4. The van der Waals surface area contributed by atoms with Crippen LogP contribution in [0.25, 0.3) is 0 Å². The van der Waals surface area contributed by atoms with E-state index in [2.05, 4.69) is 5.32 Å². The van der Waals surface area contributed by atoms with Gasteiger partial charge in [-0.25, -0.2) is 0 Å². The number of ether oxygens (including phenoxy) is 1. The van der Waals surface area contributed by atoms with Crippen LogP contribution in [0.5, 0.6) is 5.75 Å². The van der Waals surface area contributed by atoms with Crippen LogP contribution < -0.4 is 15.0 Å². The molecular formula is C24H22N2O4. The predicted octanol–water partition coefficient (Wildman–Crippen LogP) is 3.22.